The lowest BCUT2D eigenvalue weighted by molar-refractivity contribution is -0.114. The lowest BCUT2D eigenvalue weighted by atomic mass is 9.96. The normalized spacial score (nSPS) is 13.7. The van der Waals surface area contributed by atoms with Crippen molar-refractivity contribution in [1.29, 1.82) is 0 Å². The molecule has 1 aliphatic heterocycles. The summed E-state index contributed by atoms with van der Waals surface area (Å²) >= 11 is 1.65. The Morgan fingerprint density at radius 3 is 2.84 bits per heavy atom. The molecular formula is C23H22N4O3S. The molecule has 8 heteroatoms. The first-order valence-corrected chi connectivity index (χ1v) is 10.9. The molecule has 7 nitrogen and oxygen atoms in total. The quantitative estimate of drug-likeness (QED) is 0.579. The maximum Gasteiger partial charge on any atom is 0.258 e. The highest BCUT2D eigenvalue weighted by Gasteiger charge is 2.33. The number of hydrogen-bond acceptors (Lipinski definition) is 5. The minimum absolute atomic E-state index is 0.0198. The van der Waals surface area contributed by atoms with Crippen LogP contribution in [0.25, 0.3) is 21.5 Å². The summed E-state index contributed by atoms with van der Waals surface area (Å²) < 4.78 is 1.81. The zero-order valence-corrected chi connectivity index (χ0v) is 18.1. The summed E-state index contributed by atoms with van der Waals surface area (Å²) in [6, 6.07) is 7.30. The maximum absolute atomic E-state index is 12.9. The number of carbonyl (C=O) groups is 2. The number of nitrogens with two attached hydrogens (primary N) is 1. The van der Waals surface area contributed by atoms with E-state index in [-0.39, 0.29) is 35.9 Å². The van der Waals surface area contributed by atoms with E-state index in [1.807, 2.05) is 42.2 Å². The number of fused-ring (bicyclic) bond motifs is 2. The van der Waals surface area contributed by atoms with Crippen molar-refractivity contribution in [3.05, 3.63) is 71.6 Å². The summed E-state index contributed by atoms with van der Waals surface area (Å²) in [4.78, 5) is 26.9. The second-order valence-corrected chi connectivity index (χ2v) is 8.12. The minimum atomic E-state index is -0.652. The first kappa shape index (κ1) is 20.7. The van der Waals surface area contributed by atoms with Gasteiger partial charge in [0.25, 0.3) is 5.91 Å². The smallest absolute Gasteiger partial charge is 0.258 e. The summed E-state index contributed by atoms with van der Waals surface area (Å²) in [5, 5.41) is 14.8. The third-order valence-corrected chi connectivity index (χ3v) is 6.35. The lowest BCUT2D eigenvalue weighted by Crippen LogP contribution is -2.30. The van der Waals surface area contributed by atoms with Gasteiger partial charge in [0.2, 0.25) is 5.91 Å². The highest BCUT2D eigenvalue weighted by atomic mass is 32.2. The molecular weight excluding hydrogens is 412 g/mol. The van der Waals surface area contributed by atoms with Crippen LogP contribution in [-0.4, -0.2) is 44.2 Å². The summed E-state index contributed by atoms with van der Waals surface area (Å²) in [6.45, 7) is 5.91. The van der Waals surface area contributed by atoms with Gasteiger partial charge in [-0.15, -0.1) is 11.8 Å². The number of rotatable bonds is 6. The minimum Gasteiger partial charge on any atom is -0.507 e. The molecule has 3 heterocycles. The van der Waals surface area contributed by atoms with Gasteiger partial charge in [0.1, 0.15) is 5.75 Å². The van der Waals surface area contributed by atoms with Crippen molar-refractivity contribution in [3.8, 4) is 16.9 Å². The van der Waals surface area contributed by atoms with Crippen LogP contribution in [0, 0.1) is 0 Å². The number of amides is 2. The van der Waals surface area contributed by atoms with Crippen LogP contribution in [-0.2, 0) is 11.3 Å². The molecule has 2 aromatic heterocycles. The molecule has 0 radical (unpaired) electrons. The van der Waals surface area contributed by atoms with E-state index in [1.165, 1.54) is 11.0 Å². The van der Waals surface area contributed by atoms with Crippen LogP contribution in [0.3, 0.4) is 0 Å². The predicted octanol–water partition coefficient (Wildman–Crippen LogP) is 3.43. The first-order chi connectivity index (χ1) is 14.8. The number of benzene rings is 1. The number of nitrogens with zero attached hydrogens (tertiary/aromatic N) is 3. The molecule has 0 saturated heterocycles. The Kier molecular flexibility index (Phi) is 5.32. The average molecular weight is 435 g/mol. The molecule has 0 aliphatic carbocycles. The van der Waals surface area contributed by atoms with Gasteiger partial charge in [-0.1, -0.05) is 18.7 Å². The van der Waals surface area contributed by atoms with Crippen molar-refractivity contribution >= 4 is 34.0 Å². The summed E-state index contributed by atoms with van der Waals surface area (Å²) in [7, 11) is 0. The van der Waals surface area contributed by atoms with Gasteiger partial charge in [-0.2, -0.15) is 5.10 Å². The zero-order valence-electron chi connectivity index (χ0n) is 17.3. The van der Waals surface area contributed by atoms with Gasteiger partial charge in [0, 0.05) is 28.8 Å². The number of aromatic hydroxyl groups is 1. The molecule has 0 saturated carbocycles. The van der Waals surface area contributed by atoms with Crippen LogP contribution < -0.4 is 5.73 Å². The molecule has 1 aliphatic rings. The van der Waals surface area contributed by atoms with E-state index >= 15 is 0 Å². The third kappa shape index (κ3) is 3.48. The Balaban J connectivity index is 1.81. The lowest BCUT2D eigenvalue weighted by Gasteiger charge is -2.15. The van der Waals surface area contributed by atoms with Crippen molar-refractivity contribution in [1.82, 2.24) is 14.5 Å². The molecule has 0 spiro atoms. The highest BCUT2D eigenvalue weighted by Crippen LogP contribution is 2.39. The molecule has 0 bridgehead atoms. The largest absolute Gasteiger partial charge is 0.507 e. The average Bonchev–Trinajstić information content (AvgIpc) is 3.31. The van der Waals surface area contributed by atoms with Crippen molar-refractivity contribution in [2.24, 2.45) is 5.73 Å². The second kappa shape index (κ2) is 7.96. The molecule has 3 aromatic rings. The van der Waals surface area contributed by atoms with Gasteiger partial charge in [-0.3, -0.25) is 9.59 Å². The number of thioether (sulfide) groups is 1. The van der Waals surface area contributed by atoms with Crippen LogP contribution in [0.15, 0.2) is 54.9 Å². The molecule has 0 atom stereocenters. The van der Waals surface area contributed by atoms with E-state index in [4.69, 9.17) is 5.73 Å². The van der Waals surface area contributed by atoms with Crippen LogP contribution in [0.5, 0.6) is 5.75 Å². The number of carbonyl (C=O) groups excluding carboxylic acids is 2. The second-order valence-electron chi connectivity index (χ2n) is 7.28. The SMILES string of the molecule is C=C(CN1Cc2c(-c3ccn4ncc(/C(=C/C)SC)c4c3)ccc(O)c2C1=O)C(N)=O. The Morgan fingerprint density at radius 2 is 2.16 bits per heavy atom. The van der Waals surface area contributed by atoms with Gasteiger partial charge in [-0.05, 0) is 48.1 Å². The molecule has 31 heavy (non-hydrogen) atoms. The van der Waals surface area contributed by atoms with Crippen LogP contribution in [0.2, 0.25) is 0 Å². The van der Waals surface area contributed by atoms with E-state index in [9.17, 15) is 14.7 Å². The Morgan fingerprint density at radius 1 is 1.39 bits per heavy atom. The van der Waals surface area contributed by atoms with Gasteiger partial charge in [0.15, 0.2) is 0 Å². The number of phenols is 1. The van der Waals surface area contributed by atoms with Crippen LogP contribution in [0.1, 0.15) is 28.4 Å². The fourth-order valence-corrected chi connectivity index (χ4v) is 4.50. The van der Waals surface area contributed by atoms with Crippen molar-refractivity contribution < 1.29 is 14.7 Å². The van der Waals surface area contributed by atoms with E-state index in [0.29, 0.717) is 5.56 Å². The van der Waals surface area contributed by atoms with Gasteiger partial charge < -0.3 is 15.7 Å². The summed E-state index contributed by atoms with van der Waals surface area (Å²) in [5.74, 6) is -1.08. The molecule has 3 N–H and O–H groups in total. The number of aromatic nitrogens is 2. The molecule has 0 unspecified atom stereocenters. The van der Waals surface area contributed by atoms with Gasteiger partial charge in [-0.25, -0.2) is 4.52 Å². The number of phenolic OH excluding ortho intramolecular Hbond substituents is 1. The summed E-state index contributed by atoms with van der Waals surface area (Å²) in [5.41, 5.74) is 10.1. The zero-order chi connectivity index (χ0) is 22.3. The van der Waals surface area contributed by atoms with Crippen molar-refractivity contribution in [2.45, 2.75) is 13.5 Å². The van der Waals surface area contributed by atoms with E-state index < -0.39 is 5.91 Å². The Hall–Kier alpha value is -3.52. The fourth-order valence-electron chi connectivity index (χ4n) is 3.89. The Labute approximate surface area is 183 Å². The number of pyridine rings is 1. The first-order valence-electron chi connectivity index (χ1n) is 9.65. The summed E-state index contributed by atoms with van der Waals surface area (Å²) in [6.07, 6.45) is 7.79. The predicted molar refractivity (Wildman–Crippen MR) is 123 cm³/mol. The standard InChI is InChI=1S/C23H22N4O3S/c1-4-20(31-3)16-10-25-27-8-7-14(9-18(16)27)15-5-6-19(28)21-17(15)12-26(23(21)30)11-13(2)22(24)29/h4-10,28H,2,11-12H2,1,3H3,(H2,24,29)/b20-4-. The van der Waals surface area contributed by atoms with Crippen LogP contribution >= 0.6 is 11.8 Å². The third-order valence-electron chi connectivity index (χ3n) is 5.45. The van der Waals surface area contributed by atoms with E-state index in [1.54, 1.807) is 17.8 Å². The molecule has 2 amide bonds. The highest BCUT2D eigenvalue weighted by molar-refractivity contribution is 8.07. The molecule has 1 aromatic carbocycles. The molecule has 158 valence electrons. The molecule has 0 fully saturated rings. The van der Waals surface area contributed by atoms with Crippen LogP contribution in [0.4, 0.5) is 0 Å². The topological polar surface area (TPSA) is 101 Å². The van der Waals surface area contributed by atoms with Gasteiger partial charge in [0.05, 0.1) is 23.8 Å². The van der Waals surface area contributed by atoms with Gasteiger partial charge >= 0.3 is 0 Å². The maximum atomic E-state index is 12.9. The van der Waals surface area contributed by atoms with Crippen molar-refractivity contribution in [3.63, 3.8) is 0 Å². The van der Waals surface area contributed by atoms with E-state index in [0.717, 1.165) is 27.1 Å². The number of hydrogen-bond donors (Lipinski definition) is 2. The number of primary amides is 1. The molecule has 4 rings (SSSR count). The van der Waals surface area contributed by atoms with E-state index in [2.05, 4.69) is 17.8 Å². The Bertz CT molecular complexity index is 1280. The number of allylic oxidation sites excluding steroid dienone is 1. The fraction of sp³-hybridized carbons (Fsp3) is 0.174. The monoisotopic (exact) mass is 434 g/mol. The van der Waals surface area contributed by atoms with Crippen molar-refractivity contribution in [2.75, 3.05) is 12.8 Å².